The lowest BCUT2D eigenvalue weighted by molar-refractivity contribution is -0.136. The lowest BCUT2D eigenvalue weighted by Crippen LogP contribution is -2.10. The monoisotopic (exact) mass is 331 g/mol. The Kier molecular flexibility index (Phi) is 5.95. The molecule has 24 heavy (non-hydrogen) atoms. The van der Waals surface area contributed by atoms with Crippen LogP contribution in [-0.4, -0.2) is 33.4 Å². The van der Waals surface area contributed by atoms with Crippen molar-refractivity contribution in [3.63, 3.8) is 0 Å². The Morgan fingerprint density at radius 1 is 1.38 bits per heavy atom. The molecule has 2 rings (SSSR count). The summed E-state index contributed by atoms with van der Waals surface area (Å²) in [6, 6.07) is 7.56. The van der Waals surface area contributed by atoms with E-state index in [0.717, 1.165) is 16.8 Å². The van der Waals surface area contributed by atoms with Crippen LogP contribution >= 0.6 is 0 Å². The molecular formula is C17H21N3O4. The van der Waals surface area contributed by atoms with E-state index in [1.807, 2.05) is 24.3 Å². The number of aryl methyl sites for hydroxylation is 2. The predicted octanol–water partition coefficient (Wildman–Crippen LogP) is 2.23. The fraction of sp³-hybridized carbons (Fsp3) is 0.353. The molecular weight excluding hydrogens is 310 g/mol. The first-order chi connectivity index (χ1) is 11.5. The van der Waals surface area contributed by atoms with Crippen molar-refractivity contribution in [3.8, 4) is 0 Å². The lowest BCUT2D eigenvalue weighted by Gasteiger charge is -2.08. The number of anilines is 1. The zero-order valence-electron chi connectivity index (χ0n) is 13.8. The fourth-order valence-corrected chi connectivity index (χ4v) is 2.32. The van der Waals surface area contributed by atoms with Crippen LogP contribution in [0.5, 0.6) is 0 Å². The summed E-state index contributed by atoms with van der Waals surface area (Å²) in [5.41, 5.74) is 2.84. The van der Waals surface area contributed by atoms with E-state index < -0.39 is 11.9 Å². The molecule has 0 atom stereocenters. The summed E-state index contributed by atoms with van der Waals surface area (Å²) in [4.78, 5) is 22.6. The largest absolute Gasteiger partial charge is 0.481 e. The molecule has 0 unspecified atom stereocenters. The van der Waals surface area contributed by atoms with Crippen molar-refractivity contribution in [2.24, 2.45) is 7.05 Å². The maximum atomic E-state index is 11.9. The third kappa shape index (κ3) is 4.84. The third-order valence-electron chi connectivity index (χ3n) is 3.41. The van der Waals surface area contributed by atoms with Crippen LogP contribution in [0.15, 0.2) is 30.5 Å². The van der Waals surface area contributed by atoms with E-state index in [-0.39, 0.29) is 6.42 Å². The number of aliphatic carboxylic acids is 1. The molecule has 1 aromatic carbocycles. The second-order valence-corrected chi connectivity index (χ2v) is 5.34. The van der Waals surface area contributed by atoms with Gasteiger partial charge in [0.15, 0.2) is 5.69 Å². The van der Waals surface area contributed by atoms with E-state index >= 15 is 0 Å². The molecule has 0 aliphatic carbocycles. The summed E-state index contributed by atoms with van der Waals surface area (Å²) in [6.45, 7) is 2.47. The first-order valence-electron chi connectivity index (χ1n) is 7.74. The van der Waals surface area contributed by atoms with Gasteiger partial charge in [-0.2, -0.15) is 5.10 Å². The number of ether oxygens (including phenoxy) is 1. The molecule has 0 spiro atoms. The molecule has 7 nitrogen and oxygen atoms in total. The van der Waals surface area contributed by atoms with Gasteiger partial charge in [0, 0.05) is 37.5 Å². The molecule has 0 aliphatic heterocycles. The topological polar surface area (TPSA) is 93.5 Å². The number of nitrogens with zero attached hydrogens (tertiary/aromatic N) is 2. The number of carbonyl (C=O) groups excluding carboxylic acids is 1. The molecule has 0 saturated carbocycles. The number of nitrogens with one attached hydrogen (secondary N) is 1. The van der Waals surface area contributed by atoms with E-state index in [1.165, 1.54) is 0 Å². The minimum Gasteiger partial charge on any atom is -0.481 e. The van der Waals surface area contributed by atoms with Crippen molar-refractivity contribution < 1.29 is 19.4 Å². The van der Waals surface area contributed by atoms with Gasteiger partial charge in [0.05, 0.1) is 6.61 Å². The van der Waals surface area contributed by atoms with Crippen LogP contribution in [-0.2, 0) is 29.5 Å². The van der Waals surface area contributed by atoms with Gasteiger partial charge in [-0.15, -0.1) is 0 Å². The highest BCUT2D eigenvalue weighted by Gasteiger charge is 2.16. The number of esters is 1. The SMILES string of the molecule is CCOC(=O)c1nn(C)cc1CNc1cccc(CCC(=O)O)c1. The molecule has 128 valence electrons. The first-order valence-corrected chi connectivity index (χ1v) is 7.74. The number of carboxylic acid groups (broad SMARTS) is 1. The summed E-state index contributed by atoms with van der Waals surface area (Å²) in [6.07, 6.45) is 2.35. The minimum absolute atomic E-state index is 0.0963. The van der Waals surface area contributed by atoms with E-state index in [1.54, 1.807) is 24.9 Å². The summed E-state index contributed by atoms with van der Waals surface area (Å²) in [5, 5.41) is 16.1. The van der Waals surface area contributed by atoms with Crippen molar-refractivity contribution >= 4 is 17.6 Å². The summed E-state index contributed by atoms with van der Waals surface area (Å²) >= 11 is 0. The van der Waals surface area contributed by atoms with Gasteiger partial charge in [-0.25, -0.2) is 4.79 Å². The molecule has 0 aliphatic rings. The van der Waals surface area contributed by atoms with Crippen molar-refractivity contribution in [1.82, 2.24) is 9.78 Å². The highest BCUT2D eigenvalue weighted by atomic mass is 16.5. The van der Waals surface area contributed by atoms with Gasteiger partial charge in [0.1, 0.15) is 0 Å². The number of rotatable bonds is 8. The van der Waals surface area contributed by atoms with E-state index in [9.17, 15) is 9.59 Å². The Morgan fingerprint density at radius 2 is 2.17 bits per heavy atom. The molecule has 0 fully saturated rings. The minimum atomic E-state index is -0.817. The molecule has 1 heterocycles. The van der Waals surface area contributed by atoms with Crippen molar-refractivity contribution in [3.05, 3.63) is 47.3 Å². The van der Waals surface area contributed by atoms with Crippen molar-refractivity contribution in [1.29, 1.82) is 0 Å². The lowest BCUT2D eigenvalue weighted by atomic mass is 10.1. The number of hydrogen-bond acceptors (Lipinski definition) is 5. The Morgan fingerprint density at radius 3 is 2.88 bits per heavy atom. The van der Waals surface area contributed by atoms with Crippen LogP contribution in [0.3, 0.4) is 0 Å². The summed E-state index contributed by atoms with van der Waals surface area (Å²) in [7, 11) is 1.75. The number of aromatic nitrogens is 2. The van der Waals surface area contributed by atoms with Crippen LogP contribution in [0.25, 0.3) is 0 Å². The van der Waals surface area contributed by atoms with E-state index in [0.29, 0.717) is 25.3 Å². The Bertz CT molecular complexity index is 724. The first kappa shape index (κ1) is 17.5. The highest BCUT2D eigenvalue weighted by Crippen LogP contribution is 2.15. The quantitative estimate of drug-likeness (QED) is 0.721. The Labute approximate surface area is 140 Å². The van der Waals surface area contributed by atoms with Gasteiger partial charge >= 0.3 is 11.9 Å². The summed E-state index contributed by atoms with van der Waals surface area (Å²) in [5.74, 6) is -1.26. The number of hydrogen-bond donors (Lipinski definition) is 2. The average molecular weight is 331 g/mol. The predicted molar refractivity (Wildman–Crippen MR) is 88.9 cm³/mol. The van der Waals surface area contributed by atoms with Gasteiger partial charge in [0.2, 0.25) is 0 Å². The number of carbonyl (C=O) groups is 2. The van der Waals surface area contributed by atoms with Gasteiger partial charge in [-0.3, -0.25) is 9.48 Å². The second-order valence-electron chi connectivity index (χ2n) is 5.34. The molecule has 0 amide bonds. The fourth-order valence-electron chi connectivity index (χ4n) is 2.32. The van der Waals surface area contributed by atoms with Crippen LogP contribution < -0.4 is 5.32 Å². The Balaban J connectivity index is 2.04. The smallest absolute Gasteiger partial charge is 0.359 e. The van der Waals surface area contributed by atoms with Crippen LogP contribution in [0.4, 0.5) is 5.69 Å². The van der Waals surface area contributed by atoms with Gasteiger partial charge in [0.25, 0.3) is 0 Å². The van der Waals surface area contributed by atoms with E-state index in [2.05, 4.69) is 10.4 Å². The normalized spacial score (nSPS) is 10.4. The zero-order valence-corrected chi connectivity index (χ0v) is 13.8. The zero-order chi connectivity index (χ0) is 17.5. The van der Waals surface area contributed by atoms with Crippen LogP contribution in [0.2, 0.25) is 0 Å². The molecule has 2 N–H and O–H groups in total. The van der Waals surface area contributed by atoms with E-state index in [4.69, 9.17) is 9.84 Å². The summed E-state index contributed by atoms with van der Waals surface area (Å²) < 4.78 is 6.59. The van der Waals surface area contributed by atoms with Crippen molar-refractivity contribution in [2.75, 3.05) is 11.9 Å². The van der Waals surface area contributed by atoms with Gasteiger partial charge < -0.3 is 15.2 Å². The maximum absolute atomic E-state index is 11.9. The molecule has 1 aromatic heterocycles. The average Bonchev–Trinajstić information content (AvgIpc) is 2.93. The highest BCUT2D eigenvalue weighted by molar-refractivity contribution is 5.88. The number of benzene rings is 1. The van der Waals surface area contributed by atoms with Crippen molar-refractivity contribution in [2.45, 2.75) is 26.3 Å². The van der Waals surface area contributed by atoms with Gasteiger partial charge in [-0.05, 0) is 31.0 Å². The standard InChI is InChI=1S/C17H21N3O4/c1-3-24-17(23)16-13(11-20(2)19-16)10-18-14-6-4-5-12(9-14)7-8-15(21)22/h4-6,9,11,18H,3,7-8,10H2,1-2H3,(H,21,22). The maximum Gasteiger partial charge on any atom is 0.359 e. The van der Waals surface area contributed by atoms with Crippen LogP contribution in [0, 0.1) is 0 Å². The molecule has 0 bridgehead atoms. The molecule has 0 radical (unpaired) electrons. The third-order valence-corrected chi connectivity index (χ3v) is 3.41. The number of carboxylic acids is 1. The second kappa shape index (κ2) is 8.14. The molecule has 2 aromatic rings. The Hall–Kier alpha value is -2.83. The molecule has 0 saturated heterocycles. The van der Waals surface area contributed by atoms with Crippen LogP contribution in [0.1, 0.15) is 35.0 Å². The molecule has 7 heteroatoms. The van der Waals surface area contributed by atoms with Gasteiger partial charge in [-0.1, -0.05) is 12.1 Å².